The van der Waals surface area contributed by atoms with Gasteiger partial charge >= 0.3 is 0 Å². The van der Waals surface area contributed by atoms with E-state index in [0.717, 1.165) is 25.7 Å². The molecule has 0 aliphatic rings. The highest BCUT2D eigenvalue weighted by molar-refractivity contribution is 7.22. The van der Waals surface area contributed by atoms with Gasteiger partial charge in [-0.25, -0.2) is 9.97 Å². The van der Waals surface area contributed by atoms with Gasteiger partial charge in [0.2, 0.25) is 0 Å². The second-order valence-corrected chi connectivity index (χ2v) is 7.45. The molecule has 0 aliphatic heterocycles. The maximum absolute atomic E-state index is 12.7. The molecule has 0 unspecified atom stereocenters. The first-order chi connectivity index (χ1) is 11.7. The van der Waals surface area contributed by atoms with E-state index in [1.165, 1.54) is 22.7 Å². The van der Waals surface area contributed by atoms with Crippen LogP contribution in [0.5, 0.6) is 0 Å². The van der Waals surface area contributed by atoms with E-state index in [4.69, 9.17) is 0 Å². The lowest BCUT2D eigenvalue weighted by Gasteiger charge is -2.02. The molecule has 4 rings (SSSR count). The zero-order chi connectivity index (χ0) is 16.5. The van der Waals surface area contributed by atoms with Gasteiger partial charge in [0.1, 0.15) is 5.69 Å². The summed E-state index contributed by atoms with van der Waals surface area (Å²) in [5.74, 6) is -0.225. The van der Waals surface area contributed by atoms with Crippen molar-refractivity contribution in [2.24, 2.45) is 0 Å². The number of nitrogens with one attached hydrogen (secondary N) is 1. The molecule has 24 heavy (non-hydrogen) atoms. The lowest BCUT2D eigenvalue weighted by molar-refractivity contribution is 0.102. The van der Waals surface area contributed by atoms with E-state index in [2.05, 4.69) is 15.3 Å². The van der Waals surface area contributed by atoms with Gasteiger partial charge in [0, 0.05) is 0 Å². The van der Waals surface area contributed by atoms with Crippen molar-refractivity contribution in [1.29, 1.82) is 0 Å². The summed E-state index contributed by atoms with van der Waals surface area (Å²) in [4.78, 5) is 22.4. The Kier molecular flexibility index (Phi) is 3.84. The Hall–Kier alpha value is -2.57. The van der Waals surface area contributed by atoms with Crippen LogP contribution in [0.1, 0.15) is 15.5 Å². The average molecular weight is 351 g/mol. The number of fused-ring (bicyclic) bond motifs is 1. The third-order valence-electron chi connectivity index (χ3n) is 3.50. The second kappa shape index (κ2) is 6.14. The van der Waals surface area contributed by atoms with E-state index in [9.17, 15) is 4.79 Å². The van der Waals surface area contributed by atoms with Crippen LogP contribution < -0.4 is 5.32 Å². The SMILES string of the molecule is Cc1nc(C(=O)Nc2nc3ccccc3s2)c(-c2ccccc2)s1. The third kappa shape index (κ3) is 2.81. The number of aryl methyl sites for hydroxylation is 1. The molecule has 4 nitrogen and oxygen atoms in total. The number of amides is 1. The molecule has 0 aliphatic carbocycles. The number of thiazole rings is 2. The summed E-state index contributed by atoms with van der Waals surface area (Å²) in [6.07, 6.45) is 0. The fourth-order valence-corrected chi connectivity index (χ4v) is 4.23. The maximum Gasteiger partial charge on any atom is 0.277 e. The summed E-state index contributed by atoms with van der Waals surface area (Å²) in [5.41, 5.74) is 2.33. The van der Waals surface area contributed by atoms with Crippen molar-refractivity contribution in [3.8, 4) is 10.4 Å². The number of carbonyl (C=O) groups excluding carboxylic acids is 1. The van der Waals surface area contributed by atoms with Crippen molar-refractivity contribution in [2.45, 2.75) is 6.92 Å². The van der Waals surface area contributed by atoms with Gasteiger partial charge < -0.3 is 0 Å². The van der Waals surface area contributed by atoms with Crippen LogP contribution in [0.2, 0.25) is 0 Å². The predicted octanol–water partition coefficient (Wildman–Crippen LogP) is 4.98. The molecule has 0 saturated carbocycles. The van der Waals surface area contributed by atoms with Crippen LogP contribution in [0.4, 0.5) is 5.13 Å². The van der Waals surface area contributed by atoms with Crippen molar-refractivity contribution in [2.75, 3.05) is 5.32 Å². The van der Waals surface area contributed by atoms with Crippen LogP contribution in [0.25, 0.3) is 20.7 Å². The number of carbonyl (C=O) groups is 1. The van der Waals surface area contributed by atoms with Gasteiger partial charge in [0.05, 0.1) is 20.1 Å². The summed E-state index contributed by atoms with van der Waals surface area (Å²) in [5, 5.41) is 4.34. The number of hydrogen-bond acceptors (Lipinski definition) is 5. The topological polar surface area (TPSA) is 54.9 Å². The Balaban J connectivity index is 1.67. The standard InChI is InChI=1S/C18H13N3OS2/c1-11-19-15(16(23-11)12-7-3-2-4-8-12)17(22)21-18-20-13-9-5-6-10-14(13)24-18/h2-10H,1H3,(H,20,21,22). The van der Waals surface area contributed by atoms with E-state index in [1.54, 1.807) is 0 Å². The Bertz CT molecular complexity index is 988. The Labute approximate surface area is 146 Å². The first-order valence-corrected chi connectivity index (χ1v) is 9.04. The number of rotatable bonds is 3. The smallest absolute Gasteiger partial charge is 0.277 e. The first kappa shape index (κ1) is 15.0. The molecule has 0 bridgehead atoms. The lowest BCUT2D eigenvalue weighted by Crippen LogP contribution is -2.13. The Morgan fingerprint density at radius 3 is 2.50 bits per heavy atom. The van der Waals surface area contributed by atoms with Crippen molar-refractivity contribution in [3.63, 3.8) is 0 Å². The van der Waals surface area contributed by atoms with Crippen molar-refractivity contribution in [3.05, 3.63) is 65.3 Å². The quantitative estimate of drug-likeness (QED) is 0.566. The molecule has 6 heteroatoms. The molecule has 1 amide bonds. The zero-order valence-electron chi connectivity index (χ0n) is 12.8. The summed E-state index contributed by atoms with van der Waals surface area (Å²) < 4.78 is 1.05. The van der Waals surface area contributed by atoms with E-state index < -0.39 is 0 Å². The van der Waals surface area contributed by atoms with Gasteiger partial charge in [-0.05, 0) is 24.6 Å². The minimum atomic E-state index is -0.225. The Morgan fingerprint density at radius 1 is 0.958 bits per heavy atom. The van der Waals surface area contributed by atoms with Crippen molar-refractivity contribution < 1.29 is 4.79 Å². The number of benzene rings is 2. The number of anilines is 1. The van der Waals surface area contributed by atoms with Crippen LogP contribution in [-0.2, 0) is 0 Å². The molecule has 2 aromatic heterocycles. The van der Waals surface area contributed by atoms with E-state index in [-0.39, 0.29) is 5.91 Å². The average Bonchev–Trinajstić information content (AvgIpc) is 3.18. The lowest BCUT2D eigenvalue weighted by atomic mass is 10.1. The van der Waals surface area contributed by atoms with Crippen molar-refractivity contribution in [1.82, 2.24) is 9.97 Å². The van der Waals surface area contributed by atoms with Crippen LogP contribution in [0.15, 0.2) is 54.6 Å². The maximum atomic E-state index is 12.7. The zero-order valence-corrected chi connectivity index (χ0v) is 14.4. The summed E-state index contributed by atoms with van der Waals surface area (Å²) in [6, 6.07) is 17.7. The number of para-hydroxylation sites is 1. The molecule has 1 N–H and O–H groups in total. The largest absolute Gasteiger partial charge is 0.296 e. The highest BCUT2D eigenvalue weighted by Crippen LogP contribution is 2.31. The molecule has 0 atom stereocenters. The minimum absolute atomic E-state index is 0.225. The Morgan fingerprint density at radius 2 is 1.71 bits per heavy atom. The van der Waals surface area contributed by atoms with Crippen LogP contribution in [0, 0.1) is 6.92 Å². The number of aromatic nitrogens is 2. The highest BCUT2D eigenvalue weighted by atomic mass is 32.1. The second-order valence-electron chi connectivity index (χ2n) is 5.22. The van der Waals surface area contributed by atoms with Gasteiger partial charge in [-0.3, -0.25) is 10.1 Å². The van der Waals surface area contributed by atoms with Crippen molar-refractivity contribution >= 4 is 43.9 Å². The predicted molar refractivity (Wildman–Crippen MR) is 99.9 cm³/mol. The highest BCUT2D eigenvalue weighted by Gasteiger charge is 2.19. The monoisotopic (exact) mass is 351 g/mol. The van der Waals surface area contributed by atoms with Gasteiger partial charge in [0.15, 0.2) is 5.13 Å². The molecule has 0 saturated heterocycles. The van der Waals surface area contributed by atoms with Gasteiger partial charge in [0.25, 0.3) is 5.91 Å². The molecule has 0 radical (unpaired) electrons. The van der Waals surface area contributed by atoms with E-state index in [1.807, 2.05) is 61.5 Å². The van der Waals surface area contributed by atoms with Crippen LogP contribution >= 0.6 is 22.7 Å². The van der Waals surface area contributed by atoms with E-state index in [0.29, 0.717) is 10.8 Å². The number of nitrogens with zero attached hydrogens (tertiary/aromatic N) is 2. The minimum Gasteiger partial charge on any atom is -0.296 e. The number of hydrogen-bond donors (Lipinski definition) is 1. The van der Waals surface area contributed by atoms with Crippen LogP contribution in [0.3, 0.4) is 0 Å². The molecule has 0 fully saturated rings. The molecule has 2 aromatic carbocycles. The molecule has 118 valence electrons. The summed E-state index contributed by atoms with van der Waals surface area (Å²) >= 11 is 2.98. The third-order valence-corrected chi connectivity index (χ3v) is 5.47. The fraction of sp³-hybridized carbons (Fsp3) is 0.0556. The fourth-order valence-electron chi connectivity index (χ4n) is 2.45. The molecular formula is C18H13N3OS2. The van der Waals surface area contributed by atoms with Gasteiger partial charge in [-0.2, -0.15) is 0 Å². The first-order valence-electron chi connectivity index (χ1n) is 7.40. The molecule has 0 spiro atoms. The van der Waals surface area contributed by atoms with E-state index >= 15 is 0 Å². The normalized spacial score (nSPS) is 10.9. The molecular weight excluding hydrogens is 338 g/mol. The van der Waals surface area contributed by atoms with Gasteiger partial charge in [-0.1, -0.05) is 53.8 Å². The summed E-state index contributed by atoms with van der Waals surface area (Å²) in [7, 11) is 0. The molecule has 4 aromatic rings. The molecule has 2 heterocycles. The summed E-state index contributed by atoms with van der Waals surface area (Å²) in [6.45, 7) is 1.91. The van der Waals surface area contributed by atoms with Gasteiger partial charge in [-0.15, -0.1) is 11.3 Å². The van der Waals surface area contributed by atoms with Crippen LogP contribution in [-0.4, -0.2) is 15.9 Å².